The van der Waals surface area contributed by atoms with E-state index in [1.165, 1.54) is 6.07 Å². The summed E-state index contributed by atoms with van der Waals surface area (Å²) in [6.45, 7) is 1.66. The van der Waals surface area contributed by atoms with E-state index in [1.807, 2.05) is 0 Å². The van der Waals surface area contributed by atoms with Crippen LogP contribution in [-0.2, 0) is 9.53 Å². The normalized spacial score (nSPS) is 11.1. The van der Waals surface area contributed by atoms with Crippen LogP contribution in [0, 0.1) is 10.1 Å². The summed E-state index contributed by atoms with van der Waals surface area (Å²) in [6.07, 6.45) is 1.13. The minimum atomic E-state index is -0.961. The first kappa shape index (κ1) is 13.2. The second kappa shape index (κ2) is 6.00. The highest BCUT2D eigenvalue weighted by atomic mass is 35.5. The third kappa shape index (κ3) is 3.88. The molecular weight excluding hydrogens is 246 g/mol. The van der Waals surface area contributed by atoms with Crippen molar-refractivity contribution in [2.24, 2.45) is 0 Å². The van der Waals surface area contributed by atoms with Gasteiger partial charge in [0.2, 0.25) is 0 Å². The standard InChI is InChI=1S/C11H10ClNO4/c1-2-17-11(14)10(13(15)16)7-8-4-3-5-9(12)6-8/h3-7H,2H2,1H3/b10-7+. The summed E-state index contributed by atoms with van der Waals surface area (Å²) in [5.41, 5.74) is -0.147. The number of rotatable bonds is 4. The topological polar surface area (TPSA) is 69.4 Å². The van der Waals surface area contributed by atoms with Crippen LogP contribution in [0.5, 0.6) is 0 Å². The summed E-state index contributed by atoms with van der Waals surface area (Å²) < 4.78 is 4.59. The second-order valence-corrected chi connectivity index (χ2v) is 3.50. The first-order chi connectivity index (χ1) is 8.04. The number of nitrogens with zero attached hydrogens (tertiary/aromatic N) is 1. The zero-order chi connectivity index (χ0) is 12.8. The van der Waals surface area contributed by atoms with E-state index in [0.717, 1.165) is 6.08 Å². The molecule has 0 atom stereocenters. The molecule has 0 amide bonds. The number of hydrogen-bond donors (Lipinski definition) is 0. The van der Waals surface area contributed by atoms with Gasteiger partial charge in [0, 0.05) is 11.1 Å². The molecule has 0 heterocycles. The van der Waals surface area contributed by atoms with Crippen molar-refractivity contribution in [3.05, 3.63) is 50.7 Å². The van der Waals surface area contributed by atoms with E-state index in [2.05, 4.69) is 4.74 Å². The predicted octanol–water partition coefficient (Wildman–Crippen LogP) is 2.52. The maximum atomic E-state index is 11.3. The van der Waals surface area contributed by atoms with Gasteiger partial charge in [-0.3, -0.25) is 10.1 Å². The average molecular weight is 256 g/mol. The van der Waals surface area contributed by atoms with E-state index < -0.39 is 16.6 Å². The van der Waals surface area contributed by atoms with Crippen LogP contribution in [0.15, 0.2) is 30.0 Å². The van der Waals surface area contributed by atoms with Gasteiger partial charge in [0.1, 0.15) is 0 Å². The Kier molecular flexibility index (Phi) is 4.66. The zero-order valence-corrected chi connectivity index (χ0v) is 9.81. The SMILES string of the molecule is CCOC(=O)/C(=C\c1cccc(Cl)c1)[N+](=O)[O-]. The molecule has 17 heavy (non-hydrogen) atoms. The van der Waals surface area contributed by atoms with Gasteiger partial charge in [0.05, 0.1) is 11.5 Å². The largest absolute Gasteiger partial charge is 0.458 e. The molecule has 1 rings (SSSR count). The summed E-state index contributed by atoms with van der Waals surface area (Å²) >= 11 is 5.73. The maximum absolute atomic E-state index is 11.3. The molecule has 0 aliphatic heterocycles. The lowest BCUT2D eigenvalue weighted by molar-refractivity contribution is -0.419. The number of carbonyl (C=O) groups is 1. The van der Waals surface area contributed by atoms with E-state index >= 15 is 0 Å². The molecule has 0 aliphatic rings. The van der Waals surface area contributed by atoms with Crippen LogP contribution in [0.4, 0.5) is 0 Å². The summed E-state index contributed by atoms with van der Waals surface area (Å²) in [5, 5.41) is 11.1. The molecule has 0 saturated carbocycles. The highest BCUT2D eigenvalue weighted by Crippen LogP contribution is 2.14. The van der Waals surface area contributed by atoms with Crippen molar-refractivity contribution in [2.45, 2.75) is 6.92 Å². The lowest BCUT2D eigenvalue weighted by Crippen LogP contribution is -2.14. The van der Waals surface area contributed by atoms with Crippen molar-refractivity contribution in [3.8, 4) is 0 Å². The van der Waals surface area contributed by atoms with E-state index in [9.17, 15) is 14.9 Å². The molecular formula is C11H10ClNO4. The molecule has 6 heteroatoms. The van der Waals surface area contributed by atoms with Crippen LogP contribution in [0.2, 0.25) is 5.02 Å². The van der Waals surface area contributed by atoms with Gasteiger partial charge in [-0.2, -0.15) is 0 Å². The maximum Gasteiger partial charge on any atom is 0.409 e. The van der Waals surface area contributed by atoms with Crippen LogP contribution in [-0.4, -0.2) is 17.5 Å². The van der Waals surface area contributed by atoms with Crippen molar-refractivity contribution in [1.82, 2.24) is 0 Å². The van der Waals surface area contributed by atoms with Crippen molar-refractivity contribution in [2.75, 3.05) is 6.61 Å². The Balaban J connectivity index is 3.06. The summed E-state index contributed by atoms with van der Waals surface area (Å²) in [5.74, 6) is -0.961. The molecule has 0 radical (unpaired) electrons. The molecule has 0 spiro atoms. The van der Waals surface area contributed by atoms with Gasteiger partial charge in [0.15, 0.2) is 0 Å². The van der Waals surface area contributed by atoms with Gasteiger partial charge < -0.3 is 4.74 Å². The number of benzene rings is 1. The number of hydrogen-bond acceptors (Lipinski definition) is 4. The third-order valence-corrected chi connectivity index (χ3v) is 2.07. The van der Waals surface area contributed by atoms with Gasteiger partial charge in [-0.05, 0) is 24.6 Å². The van der Waals surface area contributed by atoms with Crippen molar-refractivity contribution in [1.29, 1.82) is 0 Å². The fourth-order valence-electron chi connectivity index (χ4n) is 1.15. The number of esters is 1. The predicted molar refractivity (Wildman–Crippen MR) is 63.1 cm³/mol. The molecule has 1 aromatic rings. The molecule has 0 N–H and O–H groups in total. The number of carbonyl (C=O) groups excluding carboxylic acids is 1. The Morgan fingerprint density at radius 1 is 1.59 bits per heavy atom. The lowest BCUT2D eigenvalue weighted by Gasteiger charge is -1.99. The number of halogens is 1. The summed E-state index contributed by atoms with van der Waals surface area (Å²) in [6, 6.07) is 6.39. The third-order valence-electron chi connectivity index (χ3n) is 1.83. The van der Waals surface area contributed by atoms with E-state index in [4.69, 9.17) is 11.6 Å². The van der Waals surface area contributed by atoms with E-state index in [0.29, 0.717) is 10.6 Å². The Labute approximate surface area is 103 Å². The molecule has 0 saturated heterocycles. The van der Waals surface area contributed by atoms with Crippen LogP contribution < -0.4 is 0 Å². The fraction of sp³-hybridized carbons (Fsp3) is 0.182. The molecule has 1 aromatic carbocycles. The van der Waals surface area contributed by atoms with Crippen LogP contribution in [0.3, 0.4) is 0 Å². The lowest BCUT2D eigenvalue weighted by atomic mass is 10.2. The van der Waals surface area contributed by atoms with Gasteiger partial charge >= 0.3 is 11.7 Å². The first-order valence-electron chi connectivity index (χ1n) is 4.83. The van der Waals surface area contributed by atoms with E-state index in [-0.39, 0.29) is 6.61 Å². The molecule has 0 bridgehead atoms. The molecule has 0 aliphatic carbocycles. The highest BCUT2D eigenvalue weighted by molar-refractivity contribution is 6.30. The summed E-state index contributed by atoms with van der Waals surface area (Å²) in [4.78, 5) is 21.2. The van der Waals surface area contributed by atoms with Gasteiger partial charge in [0.25, 0.3) is 0 Å². The van der Waals surface area contributed by atoms with Gasteiger partial charge in [-0.1, -0.05) is 23.7 Å². The van der Waals surface area contributed by atoms with Crippen LogP contribution >= 0.6 is 11.6 Å². The molecule has 5 nitrogen and oxygen atoms in total. The Bertz CT molecular complexity index is 470. The van der Waals surface area contributed by atoms with Gasteiger partial charge in [-0.25, -0.2) is 4.79 Å². The average Bonchev–Trinajstić information content (AvgIpc) is 2.26. The minimum absolute atomic E-state index is 0.0829. The minimum Gasteiger partial charge on any atom is -0.458 e. The Hall–Kier alpha value is -1.88. The fourth-order valence-corrected chi connectivity index (χ4v) is 1.34. The van der Waals surface area contributed by atoms with E-state index in [1.54, 1.807) is 25.1 Å². The van der Waals surface area contributed by atoms with Crippen LogP contribution in [0.1, 0.15) is 12.5 Å². The molecule has 0 unspecified atom stereocenters. The zero-order valence-electron chi connectivity index (χ0n) is 9.05. The van der Waals surface area contributed by atoms with Crippen molar-refractivity contribution in [3.63, 3.8) is 0 Å². The monoisotopic (exact) mass is 255 g/mol. The quantitative estimate of drug-likeness (QED) is 0.359. The Morgan fingerprint density at radius 3 is 2.82 bits per heavy atom. The smallest absolute Gasteiger partial charge is 0.409 e. The van der Waals surface area contributed by atoms with Crippen LogP contribution in [0.25, 0.3) is 6.08 Å². The Morgan fingerprint density at radius 2 is 2.29 bits per heavy atom. The molecule has 0 fully saturated rings. The number of nitro groups is 1. The summed E-state index contributed by atoms with van der Waals surface area (Å²) in [7, 11) is 0. The molecule has 0 aromatic heterocycles. The molecule has 90 valence electrons. The second-order valence-electron chi connectivity index (χ2n) is 3.06. The van der Waals surface area contributed by atoms with Gasteiger partial charge in [-0.15, -0.1) is 0 Å². The first-order valence-corrected chi connectivity index (χ1v) is 5.21. The highest BCUT2D eigenvalue weighted by Gasteiger charge is 2.23. The number of ether oxygens (including phenoxy) is 1. The van der Waals surface area contributed by atoms with Crippen molar-refractivity contribution >= 4 is 23.6 Å². The van der Waals surface area contributed by atoms with Crippen molar-refractivity contribution < 1.29 is 14.5 Å².